The summed E-state index contributed by atoms with van der Waals surface area (Å²) in [6.45, 7) is 1.76. The molecule has 0 saturated carbocycles. The van der Waals surface area contributed by atoms with Gasteiger partial charge in [-0.25, -0.2) is 4.98 Å². The molecule has 0 radical (unpaired) electrons. The molecule has 4 rings (SSSR count). The Morgan fingerprint density at radius 1 is 1.07 bits per heavy atom. The largest absolute Gasteiger partial charge is 0.497 e. The van der Waals surface area contributed by atoms with Crippen LogP contribution in [0.4, 0.5) is 5.69 Å². The number of halogens is 1. The van der Waals surface area contributed by atoms with E-state index < -0.39 is 0 Å². The first kappa shape index (κ1) is 19.8. The van der Waals surface area contributed by atoms with Crippen LogP contribution >= 0.6 is 11.6 Å². The highest BCUT2D eigenvalue weighted by atomic mass is 35.5. The van der Waals surface area contributed by atoms with E-state index in [2.05, 4.69) is 10.3 Å². The maximum Gasteiger partial charge on any atom is 0.262 e. The quantitative estimate of drug-likeness (QED) is 0.445. The van der Waals surface area contributed by atoms with E-state index in [0.717, 1.165) is 16.9 Å². The summed E-state index contributed by atoms with van der Waals surface area (Å²) in [5.41, 5.74) is 3.61. The fourth-order valence-corrected chi connectivity index (χ4v) is 3.03. The molecule has 4 aromatic rings. The summed E-state index contributed by atoms with van der Waals surface area (Å²) in [6.07, 6.45) is 0. The Kier molecular flexibility index (Phi) is 5.59. The van der Waals surface area contributed by atoms with Gasteiger partial charge in [-0.2, -0.15) is 0 Å². The van der Waals surface area contributed by atoms with Crippen molar-refractivity contribution in [1.29, 1.82) is 0 Å². The zero-order chi connectivity index (χ0) is 21.1. The lowest BCUT2D eigenvalue weighted by Gasteiger charge is -2.08. The van der Waals surface area contributed by atoms with Crippen LogP contribution in [0.2, 0.25) is 5.02 Å². The van der Waals surface area contributed by atoms with Crippen LogP contribution in [-0.4, -0.2) is 24.6 Å². The average molecular weight is 423 g/mol. The van der Waals surface area contributed by atoms with Gasteiger partial charge in [0.2, 0.25) is 5.89 Å². The van der Waals surface area contributed by atoms with Gasteiger partial charge in [0.05, 0.1) is 7.11 Å². The molecule has 0 aliphatic heterocycles. The standard InChI is InChI=1S/C23H19ClN2O4/c1-14-11-18(8-9-19(14)24)29-13-22(27)25-16-5-10-21-20(12-16)26-23(30-21)15-3-6-17(28-2)7-4-15/h3-12H,13H2,1-2H3,(H,25,27). The van der Waals surface area contributed by atoms with Gasteiger partial charge >= 0.3 is 0 Å². The minimum atomic E-state index is -0.277. The minimum Gasteiger partial charge on any atom is -0.497 e. The number of oxazole rings is 1. The van der Waals surface area contributed by atoms with Crippen molar-refractivity contribution in [2.45, 2.75) is 6.92 Å². The Morgan fingerprint density at radius 2 is 1.83 bits per heavy atom. The number of aromatic nitrogens is 1. The number of ether oxygens (including phenoxy) is 2. The summed E-state index contributed by atoms with van der Waals surface area (Å²) in [4.78, 5) is 16.8. The summed E-state index contributed by atoms with van der Waals surface area (Å²) in [6, 6.07) is 18.0. The zero-order valence-electron chi connectivity index (χ0n) is 16.4. The molecule has 152 valence electrons. The van der Waals surface area contributed by atoms with Crippen molar-refractivity contribution in [2.75, 3.05) is 19.0 Å². The van der Waals surface area contributed by atoms with Crippen LogP contribution in [0.15, 0.2) is 65.1 Å². The lowest BCUT2D eigenvalue weighted by molar-refractivity contribution is -0.118. The van der Waals surface area contributed by atoms with Crippen molar-refractivity contribution < 1.29 is 18.7 Å². The number of nitrogens with one attached hydrogen (secondary N) is 1. The highest BCUT2D eigenvalue weighted by molar-refractivity contribution is 6.31. The second kappa shape index (κ2) is 8.47. The number of rotatable bonds is 6. The van der Waals surface area contributed by atoms with Gasteiger partial charge in [-0.05, 0) is 73.2 Å². The molecule has 0 saturated heterocycles. The van der Waals surface area contributed by atoms with Crippen molar-refractivity contribution >= 4 is 34.3 Å². The molecule has 0 bridgehead atoms. The average Bonchev–Trinajstić information content (AvgIpc) is 3.18. The molecule has 3 aromatic carbocycles. The second-order valence-electron chi connectivity index (χ2n) is 6.68. The lowest BCUT2D eigenvalue weighted by atomic mass is 10.2. The van der Waals surface area contributed by atoms with Gasteiger partial charge in [-0.15, -0.1) is 0 Å². The Balaban J connectivity index is 1.43. The van der Waals surface area contributed by atoms with E-state index in [9.17, 15) is 4.79 Å². The van der Waals surface area contributed by atoms with Gasteiger partial charge in [0.25, 0.3) is 5.91 Å². The van der Waals surface area contributed by atoms with Gasteiger partial charge in [0.1, 0.15) is 17.0 Å². The number of carbonyl (C=O) groups is 1. The number of hydrogen-bond acceptors (Lipinski definition) is 5. The molecule has 1 aromatic heterocycles. The molecule has 0 unspecified atom stereocenters. The number of fused-ring (bicyclic) bond motifs is 1. The molecule has 0 aliphatic carbocycles. The number of aryl methyl sites for hydroxylation is 1. The third-order valence-electron chi connectivity index (χ3n) is 4.51. The predicted octanol–water partition coefficient (Wildman–Crippen LogP) is 5.48. The van der Waals surface area contributed by atoms with Gasteiger partial charge in [0.15, 0.2) is 12.2 Å². The number of benzene rings is 3. The van der Waals surface area contributed by atoms with Crippen LogP contribution in [0, 0.1) is 6.92 Å². The summed E-state index contributed by atoms with van der Waals surface area (Å²) in [5.74, 6) is 1.57. The highest BCUT2D eigenvalue weighted by Crippen LogP contribution is 2.27. The molecular weight excluding hydrogens is 404 g/mol. The normalized spacial score (nSPS) is 10.8. The number of methoxy groups -OCH3 is 1. The first-order valence-corrected chi connectivity index (χ1v) is 9.63. The first-order valence-electron chi connectivity index (χ1n) is 9.25. The Morgan fingerprint density at radius 3 is 2.57 bits per heavy atom. The van der Waals surface area contributed by atoms with Crippen LogP contribution in [-0.2, 0) is 4.79 Å². The molecule has 1 heterocycles. The monoisotopic (exact) mass is 422 g/mol. The predicted molar refractivity (Wildman–Crippen MR) is 116 cm³/mol. The highest BCUT2D eigenvalue weighted by Gasteiger charge is 2.11. The number of nitrogens with zero attached hydrogens (tertiary/aromatic N) is 1. The topological polar surface area (TPSA) is 73.6 Å². The van der Waals surface area contributed by atoms with E-state index in [4.69, 9.17) is 25.5 Å². The SMILES string of the molecule is COc1ccc(-c2nc3cc(NC(=O)COc4ccc(Cl)c(C)c4)ccc3o2)cc1. The number of anilines is 1. The van der Waals surface area contributed by atoms with Crippen molar-refractivity contribution in [1.82, 2.24) is 4.98 Å². The van der Waals surface area contributed by atoms with Crippen molar-refractivity contribution in [2.24, 2.45) is 0 Å². The fourth-order valence-electron chi connectivity index (χ4n) is 2.92. The van der Waals surface area contributed by atoms with Crippen LogP contribution in [0.25, 0.3) is 22.6 Å². The Labute approximate surface area is 178 Å². The number of hydrogen-bond donors (Lipinski definition) is 1. The summed E-state index contributed by atoms with van der Waals surface area (Å²) < 4.78 is 16.5. The molecule has 30 heavy (non-hydrogen) atoms. The van der Waals surface area contributed by atoms with Crippen molar-refractivity contribution in [3.8, 4) is 23.0 Å². The molecule has 6 nitrogen and oxygen atoms in total. The third-order valence-corrected chi connectivity index (χ3v) is 4.93. The van der Waals surface area contributed by atoms with Gasteiger partial charge in [-0.3, -0.25) is 4.79 Å². The van der Waals surface area contributed by atoms with Crippen LogP contribution in [0.3, 0.4) is 0 Å². The van der Waals surface area contributed by atoms with E-state index in [1.807, 2.05) is 31.2 Å². The van der Waals surface area contributed by atoms with E-state index in [1.165, 1.54) is 0 Å². The Bertz CT molecular complexity index is 1200. The van der Waals surface area contributed by atoms with Crippen molar-refractivity contribution in [3.63, 3.8) is 0 Å². The van der Waals surface area contributed by atoms with Gasteiger partial charge in [0, 0.05) is 16.3 Å². The van der Waals surface area contributed by atoms with E-state index in [1.54, 1.807) is 43.5 Å². The summed E-state index contributed by atoms with van der Waals surface area (Å²) >= 11 is 6.00. The molecule has 0 spiro atoms. The fraction of sp³-hybridized carbons (Fsp3) is 0.130. The maximum atomic E-state index is 12.2. The first-order chi connectivity index (χ1) is 14.5. The Hall–Kier alpha value is -3.51. The molecular formula is C23H19ClN2O4. The summed E-state index contributed by atoms with van der Waals surface area (Å²) in [7, 11) is 1.62. The van der Waals surface area contributed by atoms with E-state index in [-0.39, 0.29) is 12.5 Å². The van der Waals surface area contributed by atoms with E-state index in [0.29, 0.717) is 33.4 Å². The lowest BCUT2D eigenvalue weighted by Crippen LogP contribution is -2.20. The zero-order valence-corrected chi connectivity index (χ0v) is 17.2. The molecule has 0 fully saturated rings. The van der Waals surface area contributed by atoms with Crippen molar-refractivity contribution in [3.05, 3.63) is 71.2 Å². The molecule has 7 heteroatoms. The van der Waals surface area contributed by atoms with E-state index >= 15 is 0 Å². The molecule has 0 atom stereocenters. The molecule has 1 N–H and O–H groups in total. The maximum absolute atomic E-state index is 12.2. The summed E-state index contributed by atoms with van der Waals surface area (Å²) in [5, 5.41) is 3.46. The second-order valence-corrected chi connectivity index (χ2v) is 7.09. The van der Waals surface area contributed by atoms with Crippen LogP contribution < -0.4 is 14.8 Å². The van der Waals surface area contributed by atoms with Crippen LogP contribution in [0.5, 0.6) is 11.5 Å². The van der Waals surface area contributed by atoms with Gasteiger partial charge in [-0.1, -0.05) is 11.6 Å². The molecule has 0 aliphatic rings. The van der Waals surface area contributed by atoms with Gasteiger partial charge < -0.3 is 19.2 Å². The minimum absolute atomic E-state index is 0.116. The number of carbonyl (C=O) groups excluding carboxylic acids is 1. The smallest absolute Gasteiger partial charge is 0.262 e. The number of amides is 1. The third kappa shape index (κ3) is 4.39. The van der Waals surface area contributed by atoms with Crippen LogP contribution in [0.1, 0.15) is 5.56 Å². The molecule has 1 amide bonds.